The van der Waals surface area contributed by atoms with Gasteiger partial charge in [-0.1, -0.05) is 6.92 Å². The van der Waals surface area contributed by atoms with E-state index >= 15 is 0 Å². The fourth-order valence-electron chi connectivity index (χ4n) is 2.46. The minimum Gasteiger partial charge on any atom is -0.444 e. The van der Waals surface area contributed by atoms with Crippen LogP contribution in [0.3, 0.4) is 0 Å². The summed E-state index contributed by atoms with van der Waals surface area (Å²) in [6.07, 6.45) is 2.07. The maximum absolute atomic E-state index is 12.0. The number of halogens is 1. The lowest BCUT2D eigenvalue weighted by molar-refractivity contribution is 0.0506. The maximum atomic E-state index is 12.0. The van der Waals surface area contributed by atoms with Gasteiger partial charge in [0.1, 0.15) is 5.60 Å². The average molecular weight is 414 g/mol. The molecule has 0 fully saturated rings. The quantitative estimate of drug-likeness (QED) is 0.719. The number of alkyl carbamates (subject to hydrolysis) is 1. The van der Waals surface area contributed by atoms with Gasteiger partial charge >= 0.3 is 6.09 Å². The predicted octanol–water partition coefficient (Wildman–Crippen LogP) is 4.61. The number of ether oxygens (including phenoxy) is 1. The van der Waals surface area contributed by atoms with Gasteiger partial charge in [0.25, 0.3) is 0 Å². The van der Waals surface area contributed by atoms with Crippen molar-refractivity contribution < 1.29 is 9.53 Å². The molecule has 120 valence electrons. The van der Waals surface area contributed by atoms with Crippen molar-refractivity contribution in [3.63, 3.8) is 0 Å². The highest BCUT2D eigenvalue weighted by Gasteiger charge is 2.23. The van der Waals surface area contributed by atoms with Crippen LogP contribution in [-0.2, 0) is 11.2 Å². The SMILES string of the molecule is CCC1=Nc2ccc(I)cc2CC(NC(=O)OC(C)(C)C)C1. The molecule has 0 saturated heterocycles. The molecule has 4 nitrogen and oxygen atoms in total. The molecule has 0 bridgehead atoms. The lowest BCUT2D eigenvalue weighted by Gasteiger charge is -2.23. The standard InChI is InChI=1S/C17H23IN2O2/c1-5-13-10-14(20-16(21)22-17(2,3)4)9-11-8-12(18)6-7-15(11)19-13/h6-8,14H,5,9-10H2,1-4H3,(H,20,21). The van der Waals surface area contributed by atoms with E-state index in [-0.39, 0.29) is 12.1 Å². The molecule has 0 radical (unpaired) electrons. The molecular formula is C17H23IN2O2. The van der Waals surface area contributed by atoms with Crippen LogP contribution >= 0.6 is 22.6 Å². The Morgan fingerprint density at radius 2 is 2.14 bits per heavy atom. The van der Waals surface area contributed by atoms with Crippen molar-refractivity contribution >= 4 is 40.1 Å². The molecule has 22 heavy (non-hydrogen) atoms. The van der Waals surface area contributed by atoms with Gasteiger partial charge in [-0.3, -0.25) is 4.99 Å². The fourth-order valence-corrected chi connectivity index (χ4v) is 3.02. The zero-order valence-electron chi connectivity index (χ0n) is 13.6. The maximum Gasteiger partial charge on any atom is 0.407 e. The van der Waals surface area contributed by atoms with Crippen molar-refractivity contribution in [1.82, 2.24) is 5.32 Å². The highest BCUT2D eigenvalue weighted by atomic mass is 127. The molecule has 1 aliphatic rings. The summed E-state index contributed by atoms with van der Waals surface area (Å²) in [6.45, 7) is 7.71. The average Bonchev–Trinajstić information content (AvgIpc) is 2.54. The summed E-state index contributed by atoms with van der Waals surface area (Å²) in [5, 5.41) is 3.00. The minimum absolute atomic E-state index is 0.0213. The number of nitrogens with zero attached hydrogens (tertiary/aromatic N) is 1. The largest absolute Gasteiger partial charge is 0.444 e. The lowest BCUT2D eigenvalue weighted by atomic mass is 10.0. The van der Waals surface area contributed by atoms with E-state index in [9.17, 15) is 4.79 Å². The van der Waals surface area contributed by atoms with Gasteiger partial charge in [-0.2, -0.15) is 0 Å². The second-order valence-corrected chi connectivity index (χ2v) is 7.80. The third kappa shape index (κ3) is 4.97. The Balaban J connectivity index is 2.17. The van der Waals surface area contributed by atoms with Crippen LogP contribution in [0.1, 0.15) is 46.1 Å². The van der Waals surface area contributed by atoms with Crippen molar-refractivity contribution in [2.45, 2.75) is 58.6 Å². The summed E-state index contributed by atoms with van der Waals surface area (Å²) in [6, 6.07) is 6.29. The molecule has 0 spiro atoms. The molecule has 1 N–H and O–H groups in total. The number of amides is 1. The molecule has 0 aromatic heterocycles. The minimum atomic E-state index is -0.482. The smallest absolute Gasteiger partial charge is 0.407 e. The first-order valence-corrected chi connectivity index (χ1v) is 8.69. The van der Waals surface area contributed by atoms with Crippen molar-refractivity contribution in [3.05, 3.63) is 27.3 Å². The van der Waals surface area contributed by atoms with Gasteiger partial charge in [-0.05, 0) is 80.0 Å². The first kappa shape index (κ1) is 17.2. The van der Waals surface area contributed by atoms with Gasteiger partial charge in [-0.15, -0.1) is 0 Å². The number of carbonyl (C=O) groups excluding carboxylic acids is 1. The van der Waals surface area contributed by atoms with E-state index in [1.165, 1.54) is 9.13 Å². The molecule has 1 aliphatic heterocycles. The summed E-state index contributed by atoms with van der Waals surface area (Å²) < 4.78 is 6.55. The molecule has 1 aromatic carbocycles. The molecule has 0 aliphatic carbocycles. The molecule has 1 unspecified atom stereocenters. The number of benzene rings is 1. The Morgan fingerprint density at radius 1 is 1.41 bits per heavy atom. The molecule has 1 atom stereocenters. The molecular weight excluding hydrogens is 391 g/mol. The Hall–Kier alpha value is -1.11. The number of rotatable bonds is 2. The van der Waals surface area contributed by atoms with Gasteiger partial charge in [0.2, 0.25) is 0 Å². The molecule has 2 rings (SSSR count). The van der Waals surface area contributed by atoms with E-state index in [4.69, 9.17) is 9.73 Å². The fraction of sp³-hybridized carbons (Fsp3) is 0.529. The highest BCUT2D eigenvalue weighted by Crippen LogP contribution is 2.28. The first-order chi connectivity index (χ1) is 10.3. The van der Waals surface area contributed by atoms with E-state index in [0.717, 1.165) is 30.7 Å². The van der Waals surface area contributed by atoms with Crippen LogP contribution in [0.15, 0.2) is 23.2 Å². The summed E-state index contributed by atoms with van der Waals surface area (Å²) in [5.41, 5.74) is 2.83. The van der Waals surface area contributed by atoms with Crippen LogP contribution in [0.25, 0.3) is 0 Å². The number of carbonyl (C=O) groups is 1. The number of hydrogen-bond donors (Lipinski definition) is 1. The summed E-state index contributed by atoms with van der Waals surface area (Å²) in [5.74, 6) is 0. The van der Waals surface area contributed by atoms with Crippen LogP contribution < -0.4 is 5.32 Å². The van der Waals surface area contributed by atoms with Gasteiger partial charge in [0.15, 0.2) is 0 Å². The van der Waals surface area contributed by atoms with E-state index in [0.29, 0.717) is 0 Å². The predicted molar refractivity (Wildman–Crippen MR) is 98.0 cm³/mol. The normalized spacial score (nSPS) is 18.0. The van der Waals surface area contributed by atoms with Crippen molar-refractivity contribution in [1.29, 1.82) is 0 Å². The second kappa shape index (κ2) is 6.98. The van der Waals surface area contributed by atoms with Crippen molar-refractivity contribution in [2.24, 2.45) is 4.99 Å². The summed E-state index contributed by atoms with van der Waals surface area (Å²) in [7, 11) is 0. The molecule has 5 heteroatoms. The Morgan fingerprint density at radius 3 is 2.77 bits per heavy atom. The number of nitrogens with one attached hydrogen (secondary N) is 1. The van der Waals surface area contributed by atoms with Gasteiger partial charge < -0.3 is 10.1 Å². The third-order valence-corrected chi connectivity index (χ3v) is 4.07. The third-order valence-electron chi connectivity index (χ3n) is 3.40. The zero-order chi connectivity index (χ0) is 16.3. The Bertz CT molecular complexity index is 591. The topological polar surface area (TPSA) is 50.7 Å². The molecule has 0 saturated carbocycles. The van der Waals surface area contributed by atoms with Gasteiger partial charge in [0, 0.05) is 21.7 Å². The van der Waals surface area contributed by atoms with Crippen LogP contribution in [-0.4, -0.2) is 23.4 Å². The Labute approximate surface area is 145 Å². The zero-order valence-corrected chi connectivity index (χ0v) is 15.7. The van der Waals surface area contributed by atoms with Crippen LogP contribution in [0, 0.1) is 3.57 Å². The van der Waals surface area contributed by atoms with Crippen molar-refractivity contribution in [3.8, 4) is 0 Å². The van der Waals surface area contributed by atoms with Crippen molar-refractivity contribution in [2.75, 3.05) is 0 Å². The Kier molecular flexibility index (Phi) is 5.47. The first-order valence-electron chi connectivity index (χ1n) is 7.61. The van der Waals surface area contributed by atoms with E-state index in [1.807, 2.05) is 20.8 Å². The molecule has 1 heterocycles. The summed E-state index contributed by atoms with van der Waals surface area (Å²) in [4.78, 5) is 16.8. The van der Waals surface area contributed by atoms with Crippen LogP contribution in [0.5, 0.6) is 0 Å². The summed E-state index contributed by atoms with van der Waals surface area (Å²) >= 11 is 2.30. The van der Waals surface area contributed by atoms with E-state index in [1.54, 1.807) is 0 Å². The number of hydrogen-bond acceptors (Lipinski definition) is 3. The lowest BCUT2D eigenvalue weighted by Crippen LogP contribution is -2.41. The van der Waals surface area contributed by atoms with Crippen LogP contribution in [0.2, 0.25) is 0 Å². The highest BCUT2D eigenvalue weighted by molar-refractivity contribution is 14.1. The monoisotopic (exact) mass is 414 g/mol. The molecule has 1 aromatic rings. The number of aliphatic imine (C=N–C) groups is 1. The van der Waals surface area contributed by atoms with Crippen LogP contribution in [0.4, 0.5) is 10.5 Å². The van der Waals surface area contributed by atoms with E-state index < -0.39 is 5.60 Å². The van der Waals surface area contributed by atoms with Gasteiger partial charge in [-0.25, -0.2) is 4.79 Å². The van der Waals surface area contributed by atoms with E-state index in [2.05, 4.69) is 53.0 Å². The second-order valence-electron chi connectivity index (χ2n) is 6.56. The molecule has 1 amide bonds. The van der Waals surface area contributed by atoms with Gasteiger partial charge in [0.05, 0.1) is 5.69 Å². The number of fused-ring (bicyclic) bond motifs is 1.